The zero-order valence-corrected chi connectivity index (χ0v) is 10.6. The molecule has 0 aliphatic rings. The van der Waals surface area contributed by atoms with Crippen molar-refractivity contribution in [3.8, 4) is 0 Å². The molecule has 0 bridgehead atoms. The van der Waals surface area contributed by atoms with E-state index in [1.807, 2.05) is 30.3 Å². The zero-order valence-electron chi connectivity index (χ0n) is 8.26. The molecule has 16 heavy (non-hydrogen) atoms. The lowest BCUT2D eigenvalue weighted by Crippen LogP contribution is -1.84. The first-order chi connectivity index (χ1) is 7.55. The minimum Gasteiger partial charge on any atom is -0.206 e. The third kappa shape index (κ3) is 2.84. The van der Waals surface area contributed by atoms with Gasteiger partial charge in [0.15, 0.2) is 0 Å². The molecule has 0 aliphatic carbocycles. The maximum Gasteiger partial charge on any atom is 0.270 e. The fourth-order valence-electron chi connectivity index (χ4n) is 1.38. The van der Waals surface area contributed by atoms with Gasteiger partial charge in [-0.2, -0.15) is 0 Å². The fourth-order valence-corrected chi connectivity index (χ4v) is 3.54. The van der Waals surface area contributed by atoms with Gasteiger partial charge in [0.25, 0.3) is 9.05 Å². The Bertz CT molecular complexity index is 573. The smallest absolute Gasteiger partial charge is 0.206 e. The van der Waals surface area contributed by atoms with E-state index >= 15 is 0 Å². The quantitative estimate of drug-likeness (QED) is 0.804. The molecule has 0 saturated carbocycles. The van der Waals surface area contributed by atoms with E-state index in [4.69, 9.17) is 10.7 Å². The molecular formula is C11H9ClO2S2. The molecule has 0 N–H and O–H groups in total. The van der Waals surface area contributed by atoms with Gasteiger partial charge in [-0.05, 0) is 17.7 Å². The van der Waals surface area contributed by atoms with Crippen LogP contribution in [0.2, 0.25) is 0 Å². The molecule has 0 amide bonds. The van der Waals surface area contributed by atoms with Crippen LogP contribution in [0.3, 0.4) is 0 Å². The second kappa shape index (κ2) is 4.57. The summed E-state index contributed by atoms with van der Waals surface area (Å²) in [5.41, 5.74) is 1.16. The van der Waals surface area contributed by atoms with Gasteiger partial charge in [0.05, 0.1) is 0 Å². The molecular weight excluding hydrogens is 264 g/mol. The van der Waals surface area contributed by atoms with Crippen molar-refractivity contribution >= 4 is 31.1 Å². The average molecular weight is 273 g/mol. The summed E-state index contributed by atoms with van der Waals surface area (Å²) in [5.74, 6) is 0. The third-order valence-electron chi connectivity index (χ3n) is 2.10. The Morgan fingerprint density at radius 2 is 1.75 bits per heavy atom. The highest BCUT2D eigenvalue weighted by Crippen LogP contribution is 2.26. The third-order valence-corrected chi connectivity index (χ3v) is 5.28. The minimum atomic E-state index is -3.58. The summed E-state index contributed by atoms with van der Waals surface area (Å²) in [5, 5.41) is 0. The molecule has 0 atom stereocenters. The molecule has 0 saturated heterocycles. The number of thiophene rings is 1. The molecule has 2 aromatic rings. The van der Waals surface area contributed by atoms with Crippen LogP contribution in [0.15, 0.2) is 46.7 Å². The lowest BCUT2D eigenvalue weighted by molar-refractivity contribution is 0.611. The summed E-state index contributed by atoms with van der Waals surface area (Å²) in [6, 6.07) is 13.2. The second-order valence-electron chi connectivity index (χ2n) is 3.32. The van der Waals surface area contributed by atoms with E-state index in [1.165, 1.54) is 11.3 Å². The zero-order chi connectivity index (χ0) is 11.6. The number of halogens is 1. The fraction of sp³-hybridized carbons (Fsp3) is 0.0909. The van der Waals surface area contributed by atoms with E-state index in [1.54, 1.807) is 12.1 Å². The van der Waals surface area contributed by atoms with Crippen LogP contribution in [0, 0.1) is 0 Å². The van der Waals surface area contributed by atoms with E-state index < -0.39 is 9.05 Å². The van der Waals surface area contributed by atoms with Crippen LogP contribution >= 0.6 is 22.0 Å². The summed E-state index contributed by atoms with van der Waals surface area (Å²) in [6.45, 7) is 0. The van der Waals surface area contributed by atoms with Crippen molar-refractivity contribution in [1.29, 1.82) is 0 Å². The van der Waals surface area contributed by atoms with Crippen molar-refractivity contribution in [2.45, 2.75) is 10.6 Å². The van der Waals surface area contributed by atoms with E-state index in [2.05, 4.69) is 0 Å². The predicted molar refractivity (Wildman–Crippen MR) is 66.6 cm³/mol. The summed E-state index contributed by atoms with van der Waals surface area (Å²) in [4.78, 5) is 0.991. The average Bonchev–Trinajstić information content (AvgIpc) is 2.67. The molecule has 0 aliphatic heterocycles. The van der Waals surface area contributed by atoms with Crippen molar-refractivity contribution in [2.24, 2.45) is 0 Å². The first-order valence-corrected chi connectivity index (χ1v) is 7.75. The molecule has 5 heteroatoms. The van der Waals surface area contributed by atoms with Gasteiger partial charge >= 0.3 is 0 Å². The minimum absolute atomic E-state index is 0.208. The van der Waals surface area contributed by atoms with Crippen LogP contribution < -0.4 is 0 Å². The number of rotatable bonds is 3. The summed E-state index contributed by atoms with van der Waals surface area (Å²) in [7, 11) is 1.67. The van der Waals surface area contributed by atoms with E-state index in [9.17, 15) is 8.42 Å². The lowest BCUT2D eigenvalue weighted by Gasteiger charge is -1.96. The molecule has 0 spiro atoms. The molecule has 0 unspecified atom stereocenters. The Morgan fingerprint density at radius 1 is 1.06 bits per heavy atom. The summed E-state index contributed by atoms with van der Waals surface area (Å²) >= 11 is 1.21. The number of hydrogen-bond acceptors (Lipinski definition) is 3. The number of benzene rings is 1. The molecule has 0 fully saturated rings. The summed E-state index contributed by atoms with van der Waals surface area (Å²) in [6.07, 6.45) is 0.734. The Kier molecular flexibility index (Phi) is 3.33. The number of hydrogen-bond donors (Lipinski definition) is 0. The van der Waals surface area contributed by atoms with Crippen LogP contribution in [-0.2, 0) is 15.5 Å². The van der Waals surface area contributed by atoms with Crippen molar-refractivity contribution < 1.29 is 8.42 Å². The molecule has 1 aromatic heterocycles. The van der Waals surface area contributed by atoms with Crippen LogP contribution in [-0.4, -0.2) is 8.42 Å². The van der Waals surface area contributed by atoms with Gasteiger partial charge in [-0.25, -0.2) is 8.42 Å². The Labute approximate surface area is 103 Å². The molecule has 1 aromatic carbocycles. The van der Waals surface area contributed by atoms with Gasteiger partial charge in [0.2, 0.25) is 0 Å². The normalized spacial score (nSPS) is 11.6. The van der Waals surface area contributed by atoms with E-state index in [0.717, 1.165) is 16.9 Å². The van der Waals surface area contributed by atoms with Crippen molar-refractivity contribution in [3.63, 3.8) is 0 Å². The Hall–Kier alpha value is -0.840. The standard InChI is InChI=1S/C11H9ClO2S2/c12-16(13,14)11-7-6-10(15-11)8-9-4-2-1-3-5-9/h1-7H,8H2. The summed E-state index contributed by atoms with van der Waals surface area (Å²) < 4.78 is 22.4. The van der Waals surface area contributed by atoms with Gasteiger partial charge < -0.3 is 0 Å². The monoisotopic (exact) mass is 272 g/mol. The molecule has 2 nitrogen and oxygen atoms in total. The van der Waals surface area contributed by atoms with Gasteiger partial charge in [-0.3, -0.25) is 0 Å². The molecule has 2 rings (SSSR count). The Morgan fingerprint density at radius 3 is 2.31 bits per heavy atom. The Balaban J connectivity index is 2.22. The predicted octanol–water partition coefficient (Wildman–Crippen LogP) is 3.27. The van der Waals surface area contributed by atoms with E-state index in [-0.39, 0.29) is 4.21 Å². The van der Waals surface area contributed by atoms with Crippen molar-refractivity contribution in [2.75, 3.05) is 0 Å². The van der Waals surface area contributed by atoms with Gasteiger partial charge in [-0.15, -0.1) is 11.3 Å². The second-order valence-corrected chi connectivity index (χ2v) is 7.28. The van der Waals surface area contributed by atoms with Crippen molar-refractivity contribution in [1.82, 2.24) is 0 Å². The first kappa shape index (κ1) is 11.6. The van der Waals surface area contributed by atoms with Gasteiger partial charge in [-0.1, -0.05) is 30.3 Å². The highest BCUT2D eigenvalue weighted by Gasteiger charge is 2.12. The topological polar surface area (TPSA) is 34.1 Å². The van der Waals surface area contributed by atoms with Crippen LogP contribution in [0.25, 0.3) is 0 Å². The maximum absolute atomic E-state index is 11.1. The van der Waals surface area contributed by atoms with Crippen molar-refractivity contribution in [3.05, 3.63) is 52.9 Å². The van der Waals surface area contributed by atoms with Crippen LogP contribution in [0.4, 0.5) is 0 Å². The molecule has 0 radical (unpaired) electrons. The van der Waals surface area contributed by atoms with E-state index in [0.29, 0.717) is 0 Å². The molecule has 84 valence electrons. The maximum atomic E-state index is 11.1. The van der Waals surface area contributed by atoms with Gasteiger partial charge in [0.1, 0.15) is 4.21 Å². The van der Waals surface area contributed by atoms with Gasteiger partial charge in [0, 0.05) is 22.0 Å². The highest BCUT2D eigenvalue weighted by atomic mass is 35.7. The van der Waals surface area contributed by atoms with Crippen LogP contribution in [0.1, 0.15) is 10.4 Å². The SMILES string of the molecule is O=S(=O)(Cl)c1ccc(Cc2ccccc2)s1. The van der Waals surface area contributed by atoms with Crippen LogP contribution in [0.5, 0.6) is 0 Å². The molecule has 1 heterocycles. The largest absolute Gasteiger partial charge is 0.270 e. The lowest BCUT2D eigenvalue weighted by atomic mass is 10.1. The first-order valence-electron chi connectivity index (χ1n) is 4.63. The highest BCUT2D eigenvalue weighted by molar-refractivity contribution is 8.15.